The van der Waals surface area contributed by atoms with Gasteiger partial charge in [0.25, 0.3) is 5.91 Å². The van der Waals surface area contributed by atoms with Crippen molar-refractivity contribution in [3.8, 4) is 5.75 Å². The molecule has 0 aliphatic heterocycles. The number of anilines is 1. The Morgan fingerprint density at radius 1 is 1.12 bits per heavy atom. The molecule has 0 unspecified atom stereocenters. The largest absolute Gasteiger partial charge is 0.496 e. The van der Waals surface area contributed by atoms with Gasteiger partial charge >= 0.3 is 0 Å². The molecule has 0 fully saturated rings. The lowest BCUT2D eigenvalue weighted by molar-refractivity contribution is 0.0949. The van der Waals surface area contributed by atoms with Gasteiger partial charge in [-0.25, -0.2) is 9.37 Å². The number of carbonyl (C=O) groups excluding carboxylic acids is 1. The average molecular weight is 436 g/mol. The van der Waals surface area contributed by atoms with Gasteiger partial charge in [-0.15, -0.1) is 10.2 Å². The van der Waals surface area contributed by atoms with Crippen LogP contribution in [0.3, 0.4) is 0 Å². The summed E-state index contributed by atoms with van der Waals surface area (Å²) in [6.07, 6.45) is 1.53. The zero-order valence-corrected chi connectivity index (χ0v) is 18.3. The van der Waals surface area contributed by atoms with Crippen LogP contribution in [0.2, 0.25) is 0 Å². The van der Waals surface area contributed by atoms with Crippen molar-refractivity contribution in [2.45, 2.75) is 26.7 Å². The van der Waals surface area contributed by atoms with Crippen molar-refractivity contribution >= 4 is 28.4 Å². The van der Waals surface area contributed by atoms with Crippen molar-refractivity contribution in [1.82, 2.24) is 24.9 Å². The molecule has 4 aromatic rings. The number of methoxy groups -OCH3 is 1. The molecule has 2 heterocycles. The van der Waals surface area contributed by atoms with E-state index in [0.29, 0.717) is 24.6 Å². The third-order valence-electron chi connectivity index (χ3n) is 5.30. The van der Waals surface area contributed by atoms with E-state index in [2.05, 4.69) is 20.8 Å². The minimum absolute atomic E-state index is 0.0579. The number of amides is 1. The summed E-state index contributed by atoms with van der Waals surface area (Å²) in [5.41, 5.74) is 3.40. The summed E-state index contributed by atoms with van der Waals surface area (Å²) >= 11 is 0. The minimum atomic E-state index is -0.519. The number of nitrogens with zero attached hydrogens (tertiary/aromatic N) is 4. The number of unbranched alkanes of at least 4 members (excludes halogenated alkanes) is 1. The standard InChI is InChI=1S/C23H25FN6O2/c1-14-12-18-19(13-20(14)32-3)30-15(2)28-29-22(30)21(27-18)25-10-6-7-11-26-23(31)16-8-4-5-9-17(16)24/h4-5,8-9,12-13H,6-7,10-11H2,1-3H3,(H,25,27)(H,26,31). The molecule has 2 aromatic heterocycles. The van der Waals surface area contributed by atoms with Crippen LogP contribution in [0.15, 0.2) is 36.4 Å². The fourth-order valence-electron chi connectivity index (χ4n) is 3.64. The van der Waals surface area contributed by atoms with Gasteiger partial charge in [0, 0.05) is 19.2 Å². The Labute approximate surface area is 184 Å². The molecule has 0 atom stereocenters. The number of aryl methyl sites for hydroxylation is 2. The zero-order valence-electron chi connectivity index (χ0n) is 18.3. The van der Waals surface area contributed by atoms with Gasteiger partial charge in [-0.3, -0.25) is 9.20 Å². The summed E-state index contributed by atoms with van der Waals surface area (Å²) in [4.78, 5) is 16.8. The van der Waals surface area contributed by atoms with E-state index in [0.717, 1.165) is 41.0 Å². The minimum Gasteiger partial charge on any atom is -0.496 e. The van der Waals surface area contributed by atoms with Gasteiger partial charge in [0.15, 0.2) is 5.82 Å². The first-order valence-electron chi connectivity index (χ1n) is 10.5. The Balaban J connectivity index is 1.40. The van der Waals surface area contributed by atoms with Crippen molar-refractivity contribution in [2.24, 2.45) is 0 Å². The molecule has 0 bridgehead atoms. The van der Waals surface area contributed by atoms with Crippen LogP contribution in [-0.2, 0) is 0 Å². The van der Waals surface area contributed by atoms with Crippen LogP contribution in [0.25, 0.3) is 16.7 Å². The quantitative estimate of drug-likeness (QED) is 0.410. The fraction of sp³-hybridized carbons (Fsp3) is 0.304. The molecule has 2 N–H and O–H groups in total. The molecule has 0 saturated carbocycles. The van der Waals surface area contributed by atoms with E-state index < -0.39 is 11.7 Å². The van der Waals surface area contributed by atoms with E-state index in [1.807, 2.05) is 30.4 Å². The average Bonchev–Trinajstić information content (AvgIpc) is 3.17. The summed E-state index contributed by atoms with van der Waals surface area (Å²) < 4.78 is 21.1. The van der Waals surface area contributed by atoms with Gasteiger partial charge in [0.05, 0.1) is 23.7 Å². The molecule has 0 aliphatic carbocycles. The van der Waals surface area contributed by atoms with E-state index in [4.69, 9.17) is 9.72 Å². The number of benzene rings is 2. The highest BCUT2D eigenvalue weighted by atomic mass is 19.1. The van der Waals surface area contributed by atoms with Crippen molar-refractivity contribution in [3.05, 3.63) is 59.2 Å². The molecule has 4 rings (SSSR count). The topological polar surface area (TPSA) is 93.4 Å². The first kappa shape index (κ1) is 21.5. The molecule has 2 aromatic carbocycles. The summed E-state index contributed by atoms with van der Waals surface area (Å²) in [7, 11) is 1.65. The number of nitrogens with one attached hydrogen (secondary N) is 2. The van der Waals surface area contributed by atoms with Crippen LogP contribution in [0.5, 0.6) is 5.75 Å². The molecule has 0 radical (unpaired) electrons. The molecule has 9 heteroatoms. The first-order chi connectivity index (χ1) is 15.5. The molecular formula is C23H25FN6O2. The van der Waals surface area contributed by atoms with E-state index in [1.165, 1.54) is 12.1 Å². The third kappa shape index (κ3) is 4.18. The number of hydrogen-bond donors (Lipinski definition) is 2. The molecule has 8 nitrogen and oxygen atoms in total. The second kappa shape index (κ2) is 9.17. The van der Waals surface area contributed by atoms with Crippen molar-refractivity contribution in [2.75, 3.05) is 25.5 Å². The Morgan fingerprint density at radius 2 is 1.91 bits per heavy atom. The highest BCUT2D eigenvalue weighted by Crippen LogP contribution is 2.28. The zero-order chi connectivity index (χ0) is 22.7. The summed E-state index contributed by atoms with van der Waals surface area (Å²) in [6, 6.07) is 9.88. The molecule has 0 aliphatic rings. The van der Waals surface area contributed by atoms with Gasteiger partial charge in [-0.1, -0.05) is 12.1 Å². The highest BCUT2D eigenvalue weighted by molar-refractivity contribution is 5.94. The van der Waals surface area contributed by atoms with Gasteiger partial charge in [0.2, 0.25) is 5.65 Å². The molecule has 32 heavy (non-hydrogen) atoms. The lowest BCUT2D eigenvalue weighted by Gasteiger charge is -2.12. The summed E-state index contributed by atoms with van der Waals surface area (Å²) in [6.45, 7) is 4.98. The van der Waals surface area contributed by atoms with E-state index in [1.54, 1.807) is 19.2 Å². The normalized spacial score (nSPS) is 11.1. The summed E-state index contributed by atoms with van der Waals surface area (Å²) in [5, 5.41) is 14.6. The second-order valence-corrected chi connectivity index (χ2v) is 7.55. The molecular weight excluding hydrogens is 411 g/mol. The number of ether oxygens (including phenoxy) is 1. The molecule has 1 amide bonds. The maximum absolute atomic E-state index is 13.7. The Hall–Kier alpha value is -3.75. The Bertz CT molecular complexity index is 1290. The second-order valence-electron chi connectivity index (χ2n) is 7.55. The summed E-state index contributed by atoms with van der Waals surface area (Å²) in [5.74, 6) is 1.27. The monoisotopic (exact) mass is 436 g/mol. The highest BCUT2D eigenvalue weighted by Gasteiger charge is 2.15. The van der Waals surface area contributed by atoms with E-state index in [9.17, 15) is 9.18 Å². The SMILES string of the molecule is COc1cc2c(cc1C)nc(NCCCCNC(=O)c1ccccc1F)c1nnc(C)n12. The van der Waals surface area contributed by atoms with E-state index in [-0.39, 0.29) is 5.56 Å². The number of fused-ring (bicyclic) bond motifs is 3. The number of aromatic nitrogens is 4. The van der Waals surface area contributed by atoms with Gasteiger partial charge < -0.3 is 15.4 Å². The number of halogens is 1. The lowest BCUT2D eigenvalue weighted by atomic mass is 10.2. The van der Waals surface area contributed by atoms with Crippen LogP contribution in [0.4, 0.5) is 10.2 Å². The van der Waals surface area contributed by atoms with Crippen LogP contribution < -0.4 is 15.4 Å². The van der Waals surface area contributed by atoms with E-state index >= 15 is 0 Å². The first-order valence-corrected chi connectivity index (χ1v) is 10.5. The lowest BCUT2D eigenvalue weighted by Crippen LogP contribution is -2.25. The van der Waals surface area contributed by atoms with Crippen LogP contribution >= 0.6 is 0 Å². The maximum Gasteiger partial charge on any atom is 0.254 e. The van der Waals surface area contributed by atoms with Crippen molar-refractivity contribution < 1.29 is 13.9 Å². The predicted octanol–water partition coefficient (Wildman–Crippen LogP) is 3.66. The van der Waals surface area contributed by atoms with Crippen LogP contribution in [-0.4, -0.2) is 45.7 Å². The predicted molar refractivity (Wildman–Crippen MR) is 121 cm³/mol. The van der Waals surface area contributed by atoms with Gasteiger partial charge in [-0.2, -0.15) is 0 Å². The molecule has 0 spiro atoms. The van der Waals surface area contributed by atoms with Crippen molar-refractivity contribution in [1.29, 1.82) is 0 Å². The maximum atomic E-state index is 13.7. The molecule has 166 valence electrons. The van der Waals surface area contributed by atoms with Crippen LogP contribution in [0.1, 0.15) is 34.6 Å². The smallest absolute Gasteiger partial charge is 0.254 e. The molecule has 0 saturated heterocycles. The number of rotatable bonds is 8. The Kier molecular flexibility index (Phi) is 6.16. The third-order valence-corrected chi connectivity index (χ3v) is 5.30. The van der Waals surface area contributed by atoms with Crippen LogP contribution in [0, 0.1) is 19.7 Å². The van der Waals surface area contributed by atoms with Gasteiger partial charge in [-0.05, 0) is 50.5 Å². The van der Waals surface area contributed by atoms with Gasteiger partial charge in [0.1, 0.15) is 17.4 Å². The number of hydrogen-bond acceptors (Lipinski definition) is 6. The van der Waals surface area contributed by atoms with Crippen molar-refractivity contribution in [3.63, 3.8) is 0 Å². The fourth-order valence-corrected chi connectivity index (χ4v) is 3.64. The number of carbonyl (C=O) groups is 1. The Morgan fingerprint density at radius 3 is 2.69 bits per heavy atom.